The molecule has 0 bridgehead atoms. The van der Waals surface area contributed by atoms with Gasteiger partial charge in [-0.25, -0.2) is 0 Å². The van der Waals surface area contributed by atoms with Gasteiger partial charge in [0.05, 0.1) is 38.9 Å². The van der Waals surface area contributed by atoms with Crippen LogP contribution in [0.1, 0.15) is 42.4 Å². The van der Waals surface area contributed by atoms with Crippen molar-refractivity contribution in [1.82, 2.24) is 0 Å². The second-order valence-electron chi connectivity index (χ2n) is 12.7. The van der Waals surface area contributed by atoms with Crippen LogP contribution in [0.4, 0.5) is 5.69 Å². The second-order valence-corrected chi connectivity index (χ2v) is 12.7. The lowest BCUT2D eigenvalue weighted by Gasteiger charge is -2.42. The number of ether oxygens (including phenoxy) is 3. The maximum absolute atomic E-state index is 14.3. The highest BCUT2D eigenvalue weighted by Gasteiger charge is 2.56. The predicted molar refractivity (Wildman–Crippen MR) is 183 cm³/mol. The van der Waals surface area contributed by atoms with Gasteiger partial charge >= 0.3 is 0 Å². The number of amides is 2. The monoisotopic (exact) mass is 657 g/mol. The molecule has 1 heterocycles. The number of benzene rings is 3. The van der Waals surface area contributed by atoms with Crippen LogP contribution in [0.25, 0.3) is 12.2 Å². The minimum atomic E-state index is -0.767. The Kier molecular flexibility index (Phi) is 8.06. The van der Waals surface area contributed by atoms with E-state index in [1.165, 1.54) is 24.2 Å². The van der Waals surface area contributed by atoms with E-state index in [0.29, 0.717) is 51.6 Å². The maximum atomic E-state index is 14.3. The fourth-order valence-electron chi connectivity index (χ4n) is 7.77. The average Bonchev–Trinajstić information content (AvgIpc) is 3.38. The molecule has 9 nitrogen and oxygen atoms in total. The van der Waals surface area contributed by atoms with E-state index in [9.17, 15) is 24.3 Å². The van der Waals surface area contributed by atoms with Gasteiger partial charge in [-0.3, -0.25) is 24.1 Å². The van der Waals surface area contributed by atoms with Crippen molar-refractivity contribution < 1.29 is 38.5 Å². The number of rotatable bonds is 7. The van der Waals surface area contributed by atoms with Gasteiger partial charge in [0.2, 0.25) is 11.8 Å². The summed E-state index contributed by atoms with van der Waals surface area (Å²) >= 11 is 0. The summed E-state index contributed by atoms with van der Waals surface area (Å²) in [6.45, 7) is 1.61. The molecule has 49 heavy (non-hydrogen) atoms. The van der Waals surface area contributed by atoms with Crippen LogP contribution in [0.3, 0.4) is 0 Å². The van der Waals surface area contributed by atoms with Gasteiger partial charge in [-0.15, -0.1) is 0 Å². The van der Waals surface area contributed by atoms with Crippen molar-refractivity contribution in [2.75, 3.05) is 26.2 Å². The van der Waals surface area contributed by atoms with Crippen LogP contribution < -0.4 is 19.1 Å². The Bertz CT molecular complexity index is 2050. The number of carbonyl (C=O) groups is 4. The highest BCUT2D eigenvalue weighted by molar-refractivity contribution is 6.25. The second kappa shape index (κ2) is 12.4. The Balaban J connectivity index is 1.22. The Morgan fingerprint density at radius 3 is 2.24 bits per heavy atom. The summed E-state index contributed by atoms with van der Waals surface area (Å²) in [6, 6.07) is 17.5. The van der Waals surface area contributed by atoms with Crippen LogP contribution in [-0.2, 0) is 19.2 Å². The molecule has 248 valence electrons. The molecule has 0 unspecified atom stereocenters. The van der Waals surface area contributed by atoms with Gasteiger partial charge in [-0.2, -0.15) is 0 Å². The number of imide groups is 1. The van der Waals surface area contributed by atoms with Crippen molar-refractivity contribution in [3.63, 3.8) is 0 Å². The predicted octanol–water partition coefficient (Wildman–Crippen LogP) is 6.22. The number of hydrogen-bond acceptors (Lipinski definition) is 8. The number of ketones is 2. The first-order chi connectivity index (χ1) is 23.6. The highest BCUT2D eigenvalue weighted by atomic mass is 16.5. The largest absolute Gasteiger partial charge is 0.508 e. The smallest absolute Gasteiger partial charge is 0.238 e. The topological polar surface area (TPSA) is 119 Å². The molecule has 2 amide bonds. The van der Waals surface area contributed by atoms with Gasteiger partial charge in [-0.05, 0) is 85.9 Å². The molecular weight excluding hydrogens is 622 g/mol. The lowest BCUT2D eigenvalue weighted by atomic mass is 9.59. The van der Waals surface area contributed by atoms with E-state index in [2.05, 4.69) is 0 Å². The van der Waals surface area contributed by atoms with Crippen molar-refractivity contribution in [3.05, 3.63) is 112 Å². The molecule has 3 aliphatic carbocycles. The lowest BCUT2D eigenvalue weighted by molar-refractivity contribution is -0.123. The summed E-state index contributed by atoms with van der Waals surface area (Å²) in [5, 5.41) is 11.1. The number of aromatic hydroxyl groups is 1. The first kappa shape index (κ1) is 31.9. The van der Waals surface area contributed by atoms with Crippen molar-refractivity contribution in [2.45, 2.75) is 25.7 Å². The summed E-state index contributed by atoms with van der Waals surface area (Å²) in [7, 11) is 4.71. The molecule has 1 aliphatic heterocycles. The zero-order valence-corrected chi connectivity index (χ0v) is 27.6. The fraction of sp³-hybridized carbons (Fsp3) is 0.250. The van der Waals surface area contributed by atoms with Gasteiger partial charge in [-0.1, -0.05) is 35.9 Å². The highest BCUT2D eigenvalue weighted by Crippen LogP contribution is 2.56. The molecule has 9 heteroatoms. The molecule has 7 rings (SSSR count). The molecule has 0 radical (unpaired) electrons. The summed E-state index contributed by atoms with van der Waals surface area (Å²) in [5.74, 6) is -2.00. The van der Waals surface area contributed by atoms with Gasteiger partial charge in [0, 0.05) is 33.8 Å². The van der Waals surface area contributed by atoms with E-state index in [-0.39, 0.29) is 35.6 Å². The number of fused-ring (bicyclic) bond motifs is 3. The molecule has 3 aromatic carbocycles. The third kappa shape index (κ3) is 5.26. The third-order valence-electron chi connectivity index (χ3n) is 10.2. The number of phenols is 1. The molecule has 4 aliphatic rings. The first-order valence-electron chi connectivity index (χ1n) is 16.1. The Hall–Kier alpha value is -5.70. The fourth-order valence-corrected chi connectivity index (χ4v) is 7.77. The third-order valence-corrected chi connectivity index (χ3v) is 10.2. The zero-order chi connectivity index (χ0) is 34.6. The van der Waals surface area contributed by atoms with Crippen molar-refractivity contribution in [3.8, 4) is 23.0 Å². The molecule has 0 aromatic heterocycles. The number of carbonyl (C=O) groups excluding carboxylic acids is 4. The van der Waals surface area contributed by atoms with E-state index in [4.69, 9.17) is 14.2 Å². The molecule has 0 spiro atoms. The van der Waals surface area contributed by atoms with Crippen LogP contribution in [0, 0.1) is 17.8 Å². The van der Waals surface area contributed by atoms with Gasteiger partial charge < -0.3 is 19.3 Å². The van der Waals surface area contributed by atoms with E-state index in [1.54, 1.807) is 45.4 Å². The molecule has 3 aromatic rings. The Labute approximate surface area is 283 Å². The van der Waals surface area contributed by atoms with Crippen molar-refractivity contribution in [1.29, 1.82) is 0 Å². The molecular formula is C40H35NO8. The number of Topliss-reactive ketones (excluding diaryl/α,β-unsaturated/α-hetero) is 1. The van der Waals surface area contributed by atoms with Gasteiger partial charge in [0.1, 0.15) is 23.0 Å². The normalized spacial score (nSPS) is 23.2. The van der Waals surface area contributed by atoms with Crippen LogP contribution in [0.15, 0.2) is 95.1 Å². The maximum Gasteiger partial charge on any atom is 0.238 e. The molecule has 4 atom stereocenters. The summed E-state index contributed by atoms with van der Waals surface area (Å²) < 4.78 is 16.2. The van der Waals surface area contributed by atoms with Crippen LogP contribution in [-0.4, -0.2) is 49.8 Å². The van der Waals surface area contributed by atoms with Crippen LogP contribution in [0.5, 0.6) is 23.0 Å². The molecule has 0 saturated carbocycles. The SMILES string of the molecule is COc1ccc(OC)c(C=Cc2ccc(N3C(=O)[C@H]4[C@H](CC=C5[C@H](c6cc(OC)ccc6O)C6=C(C[C@H]54)C(=O)C(C)=CC6=O)C3=O)cc2)c1. The number of allylic oxidation sites excluding steroid dienone is 6. The lowest BCUT2D eigenvalue weighted by Crippen LogP contribution is -2.39. The standard InChI is InChI=1S/C40H35NO8/c1-21-17-33(43)37-31(38(21)44)20-29-27(35(37)30-19-26(48-3)11-15-32(30)42)13-14-28-36(29)40(46)41(39(28)45)24-9-6-22(7-10-24)5-8-23-18-25(47-2)12-16-34(23)49-4/h5-13,15-19,28-29,35-36,42H,14,20H2,1-4H3/t28-,29+,35+,36-/m0/s1. The number of methoxy groups -OCH3 is 3. The van der Waals surface area contributed by atoms with Crippen molar-refractivity contribution in [2.24, 2.45) is 17.8 Å². The quantitative estimate of drug-likeness (QED) is 0.138. The Morgan fingerprint density at radius 1 is 0.816 bits per heavy atom. The van der Waals surface area contributed by atoms with E-state index in [1.807, 2.05) is 48.6 Å². The number of nitrogens with zero attached hydrogens (tertiary/aromatic N) is 1. The molecule has 1 fully saturated rings. The zero-order valence-electron chi connectivity index (χ0n) is 27.6. The number of hydrogen-bond donors (Lipinski definition) is 1. The minimum absolute atomic E-state index is 0.0534. The van der Waals surface area contributed by atoms with E-state index >= 15 is 0 Å². The number of anilines is 1. The van der Waals surface area contributed by atoms with E-state index < -0.39 is 23.7 Å². The van der Waals surface area contributed by atoms with Crippen molar-refractivity contribution >= 4 is 41.2 Å². The van der Waals surface area contributed by atoms with Crippen LogP contribution >= 0.6 is 0 Å². The Morgan fingerprint density at radius 2 is 1.53 bits per heavy atom. The number of phenolic OH excluding ortho intramolecular Hbond substituents is 1. The molecule has 1 N–H and O–H groups in total. The van der Waals surface area contributed by atoms with E-state index in [0.717, 1.165) is 16.7 Å². The minimum Gasteiger partial charge on any atom is -0.508 e. The average molecular weight is 658 g/mol. The van der Waals surface area contributed by atoms with Crippen LogP contribution in [0.2, 0.25) is 0 Å². The summed E-state index contributed by atoms with van der Waals surface area (Å²) in [4.78, 5) is 56.6. The summed E-state index contributed by atoms with van der Waals surface area (Å²) in [5.41, 5.74) is 4.29. The van der Waals surface area contributed by atoms with Gasteiger partial charge in [0.25, 0.3) is 0 Å². The molecule has 1 saturated heterocycles. The van der Waals surface area contributed by atoms with Gasteiger partial charge in [0.15, 0.2) is 11.6 Å². The first-order valence-corrected chi connectivity index (χ1v) is 16.1. The summed E-state index contributed by atoms with van der Waals surface area (Å²) in [6.07, 6.45) is 7.53.